The fraction of sp³-hybridized carbons (Fsp3) is 0.588. The van der Waals surface area contributed by atoms with Crippen molar-refractivity contribution < 1.29 is 0 Å². The van der Waals surface area contributed by atoms with E-state index in [2.05, 4.69) is 72.5 Å². The van der Waals surface area contributed by atoms with E-state index in [0.717, 1.165) is 12.5 Å². The quantitative estimate of drug-likeness (QED) is 0.625. The van der Waals surface area contributed by atoms with Crippen molar-refractivity contribution in [3.8, 4) is 0 Å². The second-order valence-electron chi connectivity index (χ2n) is 5.93. The van der Waals surface area contributed by atoms with Gasteiger partial charge in [0.2, 0.25) is 0 Å². The first-order valence-electron chi connectivity index (χ1n) is 7.75. The van der Waals surface area contributed by atoms with E-state index in [1.807, 2.05) is 14.1 Å². The molecule has 0 saturated heterocycles. The smallest absolute Gasteiger partial charge is 0.191 e. The van der Waals surface area contributed by atoms with Crippen molar-refractivity contribution in [2.45, 2.75) is 40.3 Å². The zero-order chi connectivity index (χ0) is 15.8. The molecular weight excluding hydrogens is 260 g/mol. The first-order chi connectivity index (χ1) is 9.93. The van der Waals surface area contributed by atoms with Gasteiger partial charge in [0.25, 0.3) is 0 Å². The lowest BCUT2D eigenvalue weighted by atomic mass is 10.1. The number of rotatable bonds is 6. The van der Waals surface area contributed by atoms with Crippen LogP contribution in [0.3, 0.4) is 0 Å². The molecule has 0 amide bonds. The highest BCUT2D eigenvalue weighted by Crippen LogP contribution is 2.12. The van der Waals surface area contributed by atoms with E-state index < -0.39 is 0 Å². The molecule has 0 saturated carbocycles. The monoisotopic (exact) mass is 290 g/mol. The molecule has 4 nitrogen and oxygen atoms in total. The Morgan fingerprint density at radius 3 is 2.24 bits per heavy atom. The molecule has 0 heterocycles. The number of hydrogen-bond donors (Lipinski definition) is 2. The maximum Gasteiger partial charge on any atom is 0.191 e. The van der Waals surface area contributed by atoms with Crippen LogP contribution in [0.15, 0.2) is 29.3 Å². The van der Waals surface area contributed by atoms with Crippen LogP contribution in [0.2, 0.25) is 0 Å². The molecule has 0 aromatic heterocycles. The number of aliphatic imine (C=N–C) groups is 1. The van der Waals surface area contributed by atoms with Gasteiger partial charge in [-0.3, -0.25) is 0 Å². The highest BCUT2D eigenvalue weighted by Gasteiger charge is 2.08. The zero-order valence-corrected chi connectivity index (χ0v) is 14.3. The third-order valence-corrected chi connectivity index (χ3v) is 3.58. The summed E-state index contributed by atoms with van der Waals surface area (Å²) in [6.45, 7) is 10.2. The van der Waals surface area contributed by atoms with E-state index in [-0.39, 0.29) is 0 Å². The first-order valence-corrected chi connectivity index (χ1v) is 7.75. The zero-order valence-electron chi connectivity index (χ0n) is 14.3. The summed E-state index contributed by atoms with van der Waals surface area (Å²) < 4.78 is 0. The number of benzene rings is 1. The van der Waals surface area contributed by atoms with Gasteiger partial charge in [0.05, 0.1) is 6.54 Å². The number of hydrogen-bond acceptors (Lipinski definition) is 2. The molecule has 0 bridgehead atoms. The number of nitrogens with one attached hydrogen (secondary N) is 2. The summed E-state index contributed by atoms with van der Waals surface area (Å²) in [6.07, 6.45) is 0. The van der Waals surface area contributed by atoms with Crippen LogP contribution in [0.5, 0.6) is 0 Å². The van der Waals surface area contributed by atoms with E-state index in [0.29, 0.717) is 18.5 Å². The van der Waals surface area contributed by atoms with Crippen molar-refractivity contribution in [3.63, 3.8) is 0 Å². The Morgan fingerprint density at radius 2 is 1.76 bits per heavy atom. The van der Waals surface area contributed by atoms with Gasteiger partial charge in [0, 0.05) is 32.4 Å². The number of anilines is 1. The topological polar surface area (TPSA) is 39.7 Å². The minimum absolute atomic E-state index is 0.402. The largest absolute Gasteiger partial charge is 0.378 e. The Bertz CT molecular complexity index is 435. The predicted octanol–water partition coefficient (Wildman–Crippen LogP) is 2.85. The standard InChI is InChI=1S/C17H30N4/c1-7-18-17(20-14(4)13(2)3)19-12-15-8-10-16(11-9-15)21(5)6/h8-11,13-14H,7,12H2,1-6H3,(H2,18,19,20). The molecule has 0 radical (unpaired) electrons. The van der Waals surface area contributed by atoms with Gasteiger partial charge >= 0.3 is 0 Å². The van der Waals surface area contributed by atoms with E-state index >= 15 is 0 Å². The molecule has 0 aliphatic carbocycles. The minimum Gasteiger partial charge on any atom is -0.378 e. The predicted molar refractivity (Wildman–Crippen MR) is 93.0 cm³/mol. The summed E-state index contributed by atoms with van der Waals surface area (Å²) >= 11 is 0. The molecule has 2 N–H and O–H groups in total. The summed E-state index contributed by atoms with van der Waals surface area (Å²) in [5.74, 6) is 1.46. The highest BCUT2D eigenvalue weighted by molar-refractivity contribution is 5.80. The Kier molecular flexibility index (Phi) is 7.06. The Labute approximate surface area is 129 Å². The average Bonchev–Trinajstić information content (AvgIpc) is 2.45. The Morgan fingerprint density at radius 1 is 1.14 bits per heavy atom. The second-order valence-corrected chi connectivity index (χ2v) is 5.93. The lowest BCUT2D eigenvalue weighted by Gasteiger charge is -2.20. The molecule has 0 aliphatic rings. The van der Waals surface area contributed by atoms with Crippen LogP contribution in [-0.4, -0.2) is 32.6 Å². The third kappa shape index (κ3) is 6.06. The van der Waals surface area contributed by atoms with Gasteiger partial charge in [0.1, 0.15) is 0 Å². The van der Waals surface area contributed by atoms with Crippen molar-refractivity contribution in [2.24, 2.45) is 10.9 Å². The molecular formula is C17H30N4. The van der Waals surface area contributed by atoms with Crippen LogP contribution in [0.4, 0.5) is 5.69 Å². The molecule has 21 heavy (non-hydrogen) atoms. The molecule has 0 fully saturated rings. The minimum atomic E-state index is 0.402. The summed E-state index contributed by atoms with van der Waals surface area (Å²) in [6, 6.07) is 8.92. The third-order valence-electron chi connectivity index (χ3n) is 3.58. The van der Waals surface area contributed by atoms with Crippen molar-refractivity contribution in [3.05, 3.63) is 29.8 Å². The van der Waals surface area contributed by atoms with Gasteiger partial charge in [-0.2, -0.15) is 0 Å². The second kappa shape index (κ2) is 8.55. The van der Waals surface area contributed by atoms with Crippen LogP contribution < -0.4 is 15.5 Å². The van der Waals surface area contributed by atoms with Crippen LogP contribution in [-0.2, 0) is 6.54 Å². The lowest BCUT2D eigenvalue weighted by Crippen LogP contribution is -2.44. The molecule has 0 aliphatic heterocycles. The van der Waals surface area contributed by atoms with Gasteiger partial charge in [-0.05, 0) is 37.5 Å². The number of guanidine groups is 1. The normalized spacial score (nSPS) is 13.2. The van der Waals surface area contributed by atoms with E-state index in [4.69, 9.17) is 0 Å². The average molecular weight is 290 g/mol. The SMILES string of the molecule is CCNC(=NCc1ccc(N(C)C)cc1)NC(C)C(C)C. The van der Waals surface area contributed by atoms with Gasteiger partial charge < -0.3 is 15.5 Å². The first kappa shape index (κ1) is 17.3. The van der Waals surface area contributed by atoms with Crippen LogP contribution in [0.25, 0.3) is 0 Å². The highest BCUT2D eigenvalue weighted by atomic mass is 15.2. The van der Waals surface area contributed by atoms with Crippen molar-refractivity contribution >= 4 is 11.6 Å². The van der Waals surface area contributed by atoms with Crippen molar-refractivity contribution in [1.82, 2.24) is 10.6 Å². The van der Waals surface area contributed by atoms with Gasteiger partial charge in [-0.15, -0.1) is 0 Å². The van der Waals surface area contributed by atoms with Crippen LogP contribution in [0.1, 0.15) is 33.3 Å². The molecule has 1 unspecified atom stereocenters. The summed E-state index contributed by atoms with van der Waals surface area (Å²) in [4.78, 5) is 6.76. The Hall–Kier alpha value is -1.71. The number of nitrogens with zero attached hydrogens (tertiary/aromatic N) is 2. The summed E-state index contributed by atoms with van der Waals surface area (Å²) in [7, 11) is 4.10. The molecule has 1 rings (SSSR count). The maximum atomic E-state index is 4.66. The summed E-state index contributed by atoms with van der Waals surface area (Å²) in [5, 5.41) is 6.75. The van der Waals surface area contributed by atoms with Crippen molar-refractivity contribution in [2.75, 3.05) is 25.5 Å². The summed E-state index contributed by atoms with van der Waals surface area (Å²) in [5.41, 5.74) is 2.43. The van der Waals surface area contributed by atoms with Crippen molar-refractivity contribution in [1.29, 1.82) is 0 Å². The van der Waals surface area contributed by atoms with Gasteiger partial charge in [0.15, 0.2) is 5.96 Å². The Balaban J connectivity index is 2.68. The molecule has 1 aromatic rings. The van der Waals surface area contributed by atoms with Gasteiger partial charge in [-0.25, -0.2) is 4.99 Å². The molecule has 1 atom stereocenters. The van der Waals surface area contributed by atoms with Gasteiger partial charge in [-0.1, -0.05) is 26.0 Å². The lowest BCUT2D eigenvalue weighted by molar-refractivity contribution is 0.481. The molecule has 4 heteroatoms. The van der Waals surface area contributed by atoms with Crippen LogP contribution >= 0.6 is 0 Å². The molecule has 118 valence electrons. The maximum absolute atomic E-state index is 4.66. The molecule has 0 spiro atoms. The van der Waals surface area contributed by atoms with E-state index in [1.165, 1.54) is 11.3 Å². The van der Waals surface area contributed by atoms with E-state index in [1.54, 1.807) is 0 Å². The fourth-order valence-corrected chi connectivity index (χ4v) is 1.77. The van der Waals surface area contributed by atoms with E-state index in [9.17, 15) is 0 Å². The van der Waals surface area contributed by atoms with Crippen LogP contribution in [0, 0.1) is 5.92 Å². The fourth-order valence-electron chi connectivity index (χ4n) is 1.77. The molecule has 1 aromatic carbocycles.